The highest BCUT2D eigenvalue weighted by molar-refractivity contribution is 5.90. The van der Waals surface area contributed by atoms with Crippen LogP contribution in [0.2, 0.25) is 0 Å². The Morgan fingerprint density at radius 2 is 1.96 bits per heavy atom. The molecule has 0 saturated carbocycles. The van der Waals surface area contributed by atoms with Crippen molar-refractivity contribution in [2.45, 2.75) is 37.6 Å². The molecule has 0 spiro atoms. The minimum Gasteiger partial charge on any atom is -0.467 e. The quantitative estimate of drug-likeness (QED) is 0.670. The molecule has 0 fully saturated rings. The van der Waals surface area contributed by atoms with Crippen molar-refractivity contribution in [3.63, 3.8) is 0 Å². The van der Waals surface area contributed by atoms with Gasteiger partial charge in [-0.25, -0.2) is 4.79 Å². The molecule has 1 aliphatic carbocycles. The number of carbonyl (C=O) groups is 2. The van der Waals surface area contributed by atoms with Crippen LogP contribution in [0.1, 0.15) is 35.4 Å². The second kappa shape index (κ2) is 7.89. The summed E-state index contributed by atoms with van der Waals surface area (Å²) in [6, 6.07) is 15.3. The third kappa shape index (κ3) is 3.52. The van der Waals surface area contributed by atoms with E-state index in [-0.39, 0.29) is 11.8 Å². The fourth-order valence-corrected chi connectivity index (χ4v) is 4.15. The van der Waals surface area contributed by atoms with Crippen molar-refractivity contribution in [1.82, 2.24) is 10.3 Å². The average Bonchev–Trinajstić information content (AvgIpc) is 3.15. The van der Waals surface area contributed by atoms with Crippen LogP contribution in [0.4, 0.5) is 0 Å². The number of para-hydroxylation sites is 1. The van der Waals surface area contributed by atoms with Crippen molar-refractivity contribution in [3.8, 4) is 0 Å². The lowest BCUT2D eigenvalue weighted by Crippen LogP contribution is -2.45. The first-order chi connectivity index (χ1) is 13.7. The molecule has 1 aromatic heterocycles. The third-order valence-electron chi connectivity index (χ3n) is 5.59. The van der Waals surface area contributed by atoms with Crippen molar-refractivity contribution in [1.29, 1.82) is 0 Å². The zero-order valence-electron chi connectivity index (χ0n) is 15.9. The molecule has 2 atom stereocenters. The van der Waals surface area contributed by atoms with Gasteiger partial charge < -0.3 is 15.0 Å². The topological polar surface area (TPSA) is 71.2 Å². The molecule has 0 saturated heterocycles. The predicted octanol–water partition coefficient (Wildman–Crippen LogP) is 3.49. The first kappa shape index (κ1) is 18.3. The van der Waals surface area contributed by atoms with Gasteiger partial charge in [0.05, 0.1) is 13.0 Å². The SMILES string of the molecule is COC(=O)C(Cc1c[nH]c2ccccc12)NC(=O)[C@H]1CCCc2ccccc21. The molecule has 3 aromatic rings. The van der Waals surface area contributed by atoms with Gasteiger partial charge in [-0.05, 0) is 42.0 Å². The number of hydrogen-bond acceptors (Lipinski definition) is 3. The Morgan fingerprint density at radius 1 is 1.18 bits per heavy atom. The molecule has 0 aliphatic heterocycles. The van der Waals surface area contributed by atoms with Crippen LogP contribution in [0.3, 0.4) is 0 Å². The molecule has 1 amide bonds. The number of benzene rings is 2. The summed E-state index contributed by atoms with van der Waals surface area (Å²) in [6.07, 6.45) is 5.04. The van der Waals surface area contributed by atoms with E-state index in [1.807, 2.05) is 48.7 Å². The fourth-order valence-electron chi connectivity index (χ4n) is 4.15. The van der Waals surface area contributed by atoms with Crippen LogP contribution in [0, 0.1) is 0 Å². The largest absolute Gasteiger partial charge is 0.467 e. The van der Waals surface area contributed by atoms with E-state index in [1.54, 1.807) is 0 Å². The lowest BCUT2D eigenvalue weighted by atomic mass is 9.82. The van der Waals surface area contributed by atoms with E-state index in [9.17, 15) is 9.59 Å². The zero-order valence-corrected chi connectivity index (χ0v) is 15.9. The molecule has 144 valence electrons. The van der Waals surface area contributed by atoms with Gasteiger partial charge in [-0.1, -0.05) is 42.5 Å². The summed E-state index contributed by atoms with van der Waals surface area (Å²) in [5, 5.41) is 4.00. The molecule has 2 N–H and O–H groups in total. The number of aromatic amines is 1. The Labute approximate surface area is 164 Å². The molecule has 0 radical (unpaired) electrons. The van der Waals surface area contributed by atoms with Crippen molar-refractivity contribution in [2.24, 2.45) is 0 Å². The number of carbonyl (C=O) groups excluding carboxylic acids is 2. The molecule has 28 heavy (non-hydrogen) atoms. The Kier molecular flexibility index (Phi) is 5.15. The van der Waals surface area contributed by atoms with E-state index in [2.05, 4.69) is 16.4 Å². The highest BCUT2D eigenvalue weighted by Crippen LogP contribution is 2.31. The monoisotopic (exact) mass is 376 g/mol. The lowest BCUT2D eigenvalue weighted by molar-refractivity contribution is -0.145. The predicted molar refractivity (Wildman–Crippen MR) is 108 cm³/mol. The summed E-state index contributed by atoms with van der Waals surface area (Å²) in [4.78, 5) is 28.7. The number of hydrogen-bond donors (Lipinski definition) is 2. The van der Waals surface area contributed by atoms with E-state index in [1.165, 1.54) is 12.7 Å². The maximum absolute atomic E-state index is 13.1. The van der Waals surface area contributed by atoms with Gasteiger partial charge in [0.25, 0.3) is 0 Å². The Morgan fingerprint density at radius 3 is 2.82 bits per heavy atom. The summed E-state index contributed by atoms with van der Waals surface area (Å²) < 4.78 is 4.97. The highest BCUT2D eigenvalue weighted by Gasteiger charge is 2.30. The van der Waals surface area contributed by atoms with Gasteiger partial charge in [0.2, 0.25) is 5.91 Å². The first-order valence-corrected chi connectivity index (χ1v) is 9.68. The van der Waals surface area contributed by atoms with Crippen LogP contribution in [0.25, 0.3) is 10.9 Å². The Bertz CT molecular complexity index is 1010. The van der Waals surface area contributed by atoms with Gasteiger partial charge in [-0.15, -0.1) is 0 Å². The minimum atomic E-state index is -0.717. The van der Waals surface area contributed by atoms with Crippen LogP contribution < -0.4 is 5.32 Å². The van der Waals surface area contributed by atoms with E-state index >= 15 is 0 Å². The second-order valence-corrected chi connectivity index (χ2v) is 7.29. The molecule has 1 heterocycles. The molecule has 4 rings (SSSR count). The Balaban J connectivity index is 1.56. The molecule has 1 aliphatic rings. The number of fused-ring (bicyclic) bond motifs is 2. The fraction of sp³-hybridized carbons (Fsp3) is 0.304. The number of esters is 1. The van der Waals surface area contributed by atoms with Gasteiger partial charge >= 0.3 is 5.97 Å². The summed E-state index contributed by atoms with van der Waals surface area (Å²) in [5.74, 6) is -0.759. The van der Waals surface area contributed by atoms with Crippen LogP contribution in [-0.4, -0.2) is 30.0 Å². The third-order valence-corrected chi connectivity index (χ3v) is 5.59. The smallest absolute Gasteiger partial charge is 0.328 e. The number of H-pyrrole nitrogens is 1. The summed E-state index contributed by atoms with van der Waals surface area (Å²) >= 11 is 0. The summed E-state index contributed by atoms with van der Waals surface area (Å²) in [6.45, 7) is 0. The van der Waals surface area contributed by atoms with Gasteiger partial charge in [0.15, 0.2) is 0 Å². The number of nitrogens with one attached hydrogen (secondary N) is 2. The lowest BCUT2D eigenvalue weighted by Gasteiger charge is -2.26. The molecule has 0 bridgehead atoms. The normalized spacial score (nSPS) is 17.0. The summed E-state index contributed by atoms with van der Waals surface area (Å²) in [7, 11) is 1.35. The van der Waals surface area contributed by atoms with Crippen molar-refractivity contribution in [2.75, 3.05) is 7.11 Å². The first-order valence-electron chi connectivity index (χ1n) is 9.68. The molecule has 5 nitrogen and oxygen atoms in total. The van der Waals surface area contributed by atoms with Crippen LogP contribution in [0.15, 0.2) is 54.7 Å². The minimum absolute atomic E-state index is 0.109. The highest BCUT2D eigenvalue weighted by atomic mass is 16.5. The molecule has 1 unspecified atom stereocenters. The Hall–Kier alpha value is -3.08. The number of aromatic nitrogens is 1. The van der Waals surface area contributed by atoms with Gasteiger partial charge in [0.1, 0.15) is 6.04 Å². The van der Waals surface area contributed by atoms with Crippen LogP contribution in [0.5, 0.6) is 0 Å². The zero-order chi connectivity index (χ0) is 19.5. The van der Waals surface area contributed by atoms with Gasteiger partial charge in [0, 0.05) is 23.5 Å². The number of rotatable bonds is 5. The van der Waals surface area contributed by atoms with E-state index in [0.29, 0.717) is 6.42 Å². The van der Waals surface area contributed by atoms with E-state index in [0.717, 1.165) is 41.3 Å². The van der Waals surface area contributed by atoms with Crippen molar-refractivity contribution < 1.29 is 14.3 Å². The maximum Gasteiger partial charge on any atom is 0.328 e. The van der Waals surface area contributed by atoms with E-state index < -0.39 is 12.0 Å². The standard InChI is InChI=1S/C23H24N2O3/c1-28-23(27)21(13-16-14-24-20-12-5-4-10-18(16)20)25-22(26)19-11-6-8-15-7-2-3-9-17(15)19/h2-5,7,9-10,12,14,19,21,24H,6,8,11,13H2,1H3,(H,25,26)/t19-,21?/m0/s1. The second-order valence-electron chi connectivity index (χ2n) is 7.29. The van der Waals surface area contributed by atoms with Crippen LogP contribution >= 0.6 is 0 Å². The van der Waals surface area contributed by atoms with Gasteiger partial charge in [-0.2, -0.15) is 0 Å². The van der Waals surface area contributed by atoms with E-state index in [4.69, 9.17) is 4.74 Å². The number of ether oxygens (including phenoxy) is 1. The molecular formula is C23H24N2O3. The number of methoxy groups -OCH3 is 1. The van der Waals surface area contributed by atoms with Crippen molar-refractivity contribution in [3.05, 3.63) is 71.4 Å². The maximum atomic E-state index is 13.1. The number of aryl methyl sites for hydroxylation is 1. The van der Waals surface area contributed by atoms with Crippen molar-refractivity contribution >= 4 is 22.8 Å². The summed E-state index contributed by atoms with van der Waals surface area (Å²) in [5.41, 5.74) is 4.28. The average molecular weight is 376 g/mol. The van der Waals surface area contributed by atoms with Crippen LogP contribution in [-0.2, 0) is 27.2 Å². The molecular weight excluding hydrogens is 352 g/mol. The number of amides is 1. The van der Waals surface area contributed by atoms with Gasteiger partial charge in [-0.3, -0.25) is 4.79 Å². The molecule has 2 aromatic carbocycles. The molecule has 5 heteroatoms.